The predicted molar refractivity (Wildman–Crippen MR) is 95.3 cm³/mol. The standard InChI is InChI=1S/C19H28N2O3/c1-4-15(5-2)18(22)21-13-11-20(12-14-21)17-10-8-7-9-16(17)19(23)24-6-3/h7-10,15H,4-6,11-14H2,1-3H3. The zero-order valence-corrected chi connectivity index (χ0v) is 15.0. The third kappa shape index (κ3) is 4.08. The average molecular weight is 332 g/mol. The molecule has 1 heterocycles. The van der Waals surface area contributed by atoms with Crippen molar-refractivity contribution < 1.29 is 14.3 Å². The zero-order chi connectivity index (χ0) is 17.5. The summed E-state index contributed by atoms with van der Waals surface area (Å²) in [4.78, 5) is 28.8. The van der Waals surface area contributed by atoms with Gasteiger partial charge in [0.1, 0.15) is 0 Å². The van der Waals surface area contributed by atoms with Crippen molar-refractivity contribution in [1.82, 2.24) is 4.90 Å². The quantitative estimate of drug-likeness (QED) is 0.752. The van der Waals surface area contributed by atoms with E-state index in [9.17, 15) is 9.59 Å². The highest BCUT2D eigenvalue weighted by atomic mass is 16.5. The summed E-state index contributed by atoms with van der Waals surface area (Å²) in [5.41, 5.74) is 1.49. The van der Waals surface area contributed by atoms with E-state index in [0.717, 1.165) is 31.6 Å². The molecule has 1 aromatic carbocycles. The minimum atomic E-state index is -0.288. The van der Waals surface area contributed by atoms with Crippen molar-refractivity contribution in [3.8, 4) is 0 Å². The highest BCUT2D eigenvalue weighted by Gasteiger charge is 2.27. The summed E-state index contributed by atoms with van der Waals surface area (Å²) in [7, 11) is 0. The molecule has 0 bridgehead atoms. The van der Waals surface area contributed by atoms with Crippen LogP contribution >= 0.6 is 0 Å². The normalized spacial score (nSPS) is 14.8. The Morgan fingerprint density at radius 1 is 1.04 bits per heavy atom. The van der Waals surface area contributed by atoms with Gasteiger partial charge in [-0.2, -0.15) is 0 Å². The Balaban J connectivity index is 2.05. The van der Waals surface area contributed by atoms with Crippen molar-refractivity contribution in [2.24, 2.45) is 5.92 Å². The second-order valence-electron chi connectivity index (χ2n) is 6.06. The lowest BCUT2D eigenvalue weighted by molar-refractivity contribution is -0.136. The van der Waals surface area contributed by atoms with Crippen molar-refractivity contribution in [3.05, 3.63) is 29.8 Å². The molecular formula is C19H28N2O3. The molecule has 0 N–H and O–H groups in total. The number of carbonyl (C=O) groups is 2. The number of nitrogens with zero attached hydrogens (tertiary/aromatic N) is 2. The van der Waals surface area contributed by atoms with Crippen LogP contribution in [0.15, 0.2) is 24.3 Å². The van der Waals surface area contributed by atoms with Gasteiger partial charge in [0, 0.05) is 32.1 Å². The molecule has 0 saturated carbocycles. The maximum absolute atomic E-state index is 12.5. The number of benzene rings is 1. The summed E-state index contributed by atoms with van der Waals surface area (Å²) >= 11 is 0. The summed E-state index contributed by atoms with van der Waals surface area (Å²) in [5, 5.41) is 0. The summed E-state index contributed by atoms with van der Waals surface area (Å²) in [6.07, 6.45) is 1.78. The number of hydrogen-bond donors (Lipinski definition) is 0. The first-order chi connectivity index (χ1) is 11.6. The highest BCUT2D eigenvalue weighted by Crippen LogP contribution is 2.23. The Morgan fingerprint density at radius 3 is 2.25 bits per heavy atom. The Morgan fingerprint density at radius 2 is 1.67 bits per heavy atom. The largest absolute Gasteiger partial charge is 0.462 e. The molecular weight excluding hydrogens is 304 g/mol. The third-order valence-corrected chi connectivity index (χ3v) is 4.67. The van der Waals surface area contributed by atoms with Crippen LogP contribution in [-0.4, -0.2) is 49.6 Å². The lowest BCUT2D eigenvalue weighted by Gasteiger charge is -2.38. The predicted octanol–water partition coefficient (Wildman–Crippen LogP) is 2.95. The van der Waals surface area contributed by atoms with Gasteiger partial charge in [0.25, 0.3) is 0 Å². The molecule has 0 atom stereocenters. The molecule has 132 valence electrons. The lowest BCUT2D eigenvalue weighted by atomic mass is 10.0. The van der Waals surface area contributed by atoms with Crippen molar-refractivity contribution >= 4 is 17.6 Å². The van der Waals surface area contributed by atoms with Crippen LogP contribution in [0.1, 0.15) is 44.0 Å². The van der Waals surface area contributed by atoms with Crippen LogP contribution < -0.4 is 4.90 Å². The number of anilines is 1. The first kappa shape index (κ1) is 18.3. The van der Waals surface area contributed by atoms with Crippen LogP contribution in [0.25, 0.3) is 0 Å². The smallest absolute Gasteiger partial charge is 0.340 e. The van der Waals surface area contributed by atoms with Gasteiger partial charge in [-0.3, -0.25) is 4.79 Å². The molecule has 1 saturated heterocycles. The van der Waals surface area contributed by atoms with Gasteiger partial charge < -0.3 is 14.5 Å². The van der Waals surface area contributed by atoms with Gasteiger partial charge in [-0.1, -0.05) is 26.0 Å². The number of hydrogen-bond acceptors (Lipinski definition) is 4. The lowest BCUT2D eigenvalue weighted by Crippen LogP contribution is -2.50. The fourth-order valence-electron chi connectivity index (χ4n) is 3.19. The van der Waals surface area contributed by atoms with E-state index in [1.807, 2.05) is 30.0 Å². The first-order valence-electron chi connectivity index (χ1n) is 8.92. The number of ether oxygens (including phenoxy) is 1. The van der Waals surface area contributed by atoms with Gasteiger partial charge in [0.2, 0.25) is 5.91 Å². The van der Waals surface area contributed by atoms with Crippen LogP contribution in [0.4, 0.5) is 5.69 Å². The van der Waals surface area contributed by atoms with Gasteiger partial charge in [-0.05, 0) is 31.9 Å². The van der Waals surface area contributed by atoms with Crippen LogP contribution in [0, 0.1) is 5.92 Å². The Kier molecular flexibility index (Phi) is 6.64. The summed E-state index contributed by atoms with van der Waals surface area (Å²) in [6.45, 7) is 9.19. The molecule has 24 heavy (non-hydrogen) atoms. The molecule has 1 amide bonds. The van der Waals surface area contributed by atoms with Crippen LogP contribution in [-0.2, 0) is 9.53 Å². The average Bonchev–Trinajstić information content (AvgIpc) is 2.63. The van der Waals surface area contributed by atoms with E-state index in [0.29, 0.717) is 25.3 Å². The summed E-state index contributed by atoms with van der Waals surface area (Å²) < 4.78 is 5.15. The number of amides is 1. The van der Waals surface area contributed by atoms with Crippen molar-refractivity contribution in [2.45, 2.75) is 33.6 Å². The van der Waals surface area contributed by atoms with Gasteiger partial charge >= 0.3 is 5.97 Å². The summed E-state index contributed by atoms with van der Waals surface area (Å²) in [6, 6.07) is 7.53. The van der Waals surface area contributed by atoms with Crippen molar-refractivity contribution in [3.63, 3.8) is 0 Å². The number of para-hydroxylation sites is 1. The van der Waals surface area contributed by atoms with Crippen molar-refractivity contribution in [2.75, 3.05) is 37.7 Å². The van der Waals surface area contributed by atoms with E-state index in [4.69, 9.17) is 4.74 Å². The van der Waals surface area contributed by atoms with Crippen LogP contribution in [0.2, 0.25) is 0 Å². The van der Waals surface area contributed by atoms with E-state index in [-0.39, 0.29) is 17.8 Å². The highest BCUT2D eigenvalue weighted by molar-refractivity contribution is 5.96. The van der Waals surface area contributed by atoms with E-state index >= 15 is 0 Å². The van der Waals surface area contributed by atoms with E-state index < -0.39 is 0 Å². The first-order valence-corrected chi connectivity index (χ1v) is 8.92. The van der Waals surface area contributed by atoms with Crippen molar-refractivity contribution in [1.29, 1.82) is 0 Å². The Hall–Kier alpha value is -2.04. The van der Waals surface area contributed by atoms with Gasteiger partial charge in [-0.15, -0.1) is 0 Å². The second-order valence-corrected chi connectivity index (χ2v) is 6.06. The fourth-order valence-corrected chi connectivity index (χ4v) is 3.19. The molecule has 1 fully saturated rings. The fraction of sp³-hybridized carbons (Fsp3) is 0.579. The van der Waals surface area contributed by atoms with Gasteiger partial charge in [0.05, 0.1) is 17.9 Å². The second kappa shape index (κ2) is 8.71. The SMILES string of the molecule is CCOC(=O)c1ccccc1N1CCN(C(=O)C(CC)CC)CC1. The Labute approximate surface area is 144 Å². The van der Waals surface area contributed by atoms with Crippen LogP contribution in [0.5, 0.6) is 0 Å². The van der Waals surface area contributed by atoms with E-state index in [1.165, 1.54) is 0 Å². The molecule has 1 aliphatic heterocycles. The van der Waals surface area contributed by atoms with Crippen LogP contribution in [0.3, 0.4) is 0 Å². The summed E-state index contributed by atoms with van der Waals surface area (Å²) in [5.74, 6) is 0.102. The maximum Gasteiger partial charge on any atom is 0.340 e. The number of esters is 1. The maximum atomic E-state index is 12.5. The molecule has 2 rings (SSSR count). The van der Waals surface area contributed by atoms with E-state index in [2.05, 4.69) is 18.7 Å². The van der Waals surface area contributed by atoms with Gasteiger partial charge in [-0.25, -0.2) is 4.79 Å². The molecule has 0 radical (unpaired) electrons. The third-order valence-electron chi connectivity index (χ3n) is 4.67. The number of carbonyl (C=O) groups excluding carboxylic acids is 2. The number of piperazine rings is 1. The molecule has 0 aromatic heterocycles. The van der Waals surface area contributed by atoms with E-state index in [1.54, 1.807) is 6.07 Å². The van der Waals surface area contributed by atoms with Gasteiger partial charge in [0.15, 0.2) is 0 Å². The molecule has 5 nitrogen and oxygen atoms in total. The molecule has 1 aromatic rings. The minimum Gasteiger partial charge on any atom is -0.462 e. The molecule has 0 unspecified atom stereocenters. The molecule has 0 spiro atoms. The Bertz CT molecular complexity index is 561. The molecule has 0 aliphatic carbocycles. The molecule has 5 heteroatoms. The topological polar surface area (TPSA) is 49.9 Å². The molecule has 1 aliphatic rings. The minimum absolute atomic E-state index is 0.128. The zero-order valence-electron chi connectivity index (χ0n) is 15.0. The monoisotopic (exact) mass is 332 g/mol. The number of rotatable bonds is 6.